The third-order valence-electron chi connectivity index (χ3n) is 4.94. The Kier molecular flexibility index (Phi) is 4.10. The van der Waals surface area contributed by atoms with E-state index in [9.17, 15) is 9.90 Å². The number of benzene rings is 1. The predicted octanol–water partition coefficient (Wildman–Crippen LogP) is 3.07. The van der Waals surface area contributed by atoms with Gasteiger partial charge in [-0.15, -0.1) is 0 Å². The number of nitrogens with two attached hydrogens (primary N) is 1. The molecule has 2 aliphatic rings. The summed E-state index contributed by atoms with van der Waals surface area (Å²) in [5.74, 6) is 0. The Hall–Kier alpha value is -1.95. The van der Waals surface area contributed by atoms with Crippen LogP contribution in [0.4, 0.5) is 21.9 Å². The van der Waals surface area contributed by atoms with Gasteiger partial charge in [0.05, 0.1) is 17.1 Å². The first-order valence-corrected chi connectivity index (χ1v) is 8.19. The van der Waals surface area contributed by atoms with Crippen molar-refractivity contribution in [1.82, 2.24) is 0 Å². The summed E-state index contributed by atoms with van der Waals surface area (Å²) in [6.07, 6.45) is 2.55. The van der Waals surface area contributed by atoms with E-state index in [-0.39, 0.29) is 0 Å². The van der Waals surface area contributed by atoms with Gasteiger partial charge in [-0.1, -0.05) is 0 Å². The second kappa shape index (κ2) is 5.92. The number of hydrogen-bond acceptors (Lipinski definition) is 4. The molecule has 0 aliphatic carbocycles. The lowest BCUT2D eigenvalue weighted by Gasteiger charge is -2.42. The van der Waals surface area contributed by atoms with E-state index in [1.807, 2.05) is 26.0 Å². The van der Waals surface area contributed by atoms with Crippen LogP contribution >= 0.6 is 0 Å². The molecular formula is C17H25N3O3. The quantitative estimate of drug-likeness (QED) is 0.729. The first-order chi connectivity index (χ1) is 10.9. The maximum Gasteiger partial charge on any atom is 0.412 e. The maximum atomic E-state index is 11.7. The molecule has 6 heteroatoms. The van der Waals surface area contributed by atoms with Crippen molar-refractivity contribution in [2.24, 2.45) is 0 Å². The molecule has 6 nitrogen and oxygen atoms in total. The molecule has 0 aromatic heterocycles. The fraction of sp³-hybridized carbons (Fsp3) is 0.588. The Labute approximate surface area is 136 Å². The zero-order valence-corrected chi connectivity index (χ0v) is 13.8. The Morgan fingerprint density at radius 3 is 2.74 bits per heavy atom. The molecule has 1 aromatic rings. The van der Waals surface area contributed by atoms with E-state index in [4.69, 9.17) is 10.5 Å². The molecule has 4 N–H and O–H groups in total. The van der Waals surface area contributed by atoms with Crippen molar-refractivity contribution in [1.29, 1.82) is 0 Å². The predicted molar refractivity (Wildman–Crippen MR) is 91.2 cm³/mol. The van der Waals surface area contributed by atoms with Gasteiger partial charge in [-0.25, -0.2) is 4.79 Å². The van der Waals surface area contributed by atoms with Crippen molar-refractivity contribution in [3.63, 3.8) is 0 Å². The van der Waals surface area contributed by atoms with Crippen molar-refractivity contribution in [3.8, 4) is 0 Å². The third kappa shape index (κ3) is 2.95. The van der Waals surface area contributed by atoms with Crippen LogP contribution in [-0.2, 0) is 11.2 Å². The Balaban J connectivity index is 1.91. The van der Waals surface area contributed by atoms with Gasteiger partial charge >= 0.3 is 6.09 Å². The molecule has 0 radical (unpaired) electrons. The van der Waals surface area contributed by atoms with E-state index in [2.05, 4.69) is 5.32 Å². The number of carboxylic acid groups (broad SMARTS) is 1. The second-order valence-electron chi connectivity index (χ2n) is 6.99. The summed E-state index contributed by atoms with van der Waals surface area (Å²) in [4.78, 5) is 13.1. The van der Waals surface area contributed by atoms with Crippen LogP contribution in [0.2, 0.25) is 0 Å². The van der Waals surface area contributed by atoms with Gasteiger partial charge in [-0.05, 0) is 51.7 Å². The lowest BCUT2D eigenvalue weighted by molar-refractivity contribution is 0.0904. The molecule has 2 aliphatic heterocycles. The number of amides is 1. The van der Waals surface area contributed by atoms with Gasteiger partial charge in [-0.2, -0.15) is 0 Å². The summed E-state index contributed by atoms with van der Waals surface area (Å²) >= 11 is 0. The van der Waals surface area contributed by atoms with Crippen LogP contribution in [0.1, 0.15) is 38.7 Å². The van der Waals surface area contributed by atoms with E-state index in [0.29, 0.717) is 17.4 Å². The Bertz CT molecular complexity index is 609. The second-order valence-corrected chi connectivity index (χ2v) is 6.99. The van der Waals surface area contributed by atoms with Crippen LogP contribution in [0.25, 0.3) is 0 Å². The summed E-state index contributed by atoms with van der Waals surface area (Å²) in [5.41, 5.74) is 9.17. The number of nitrogen functional groups attached to an aromatic ring is 1. The summed E-state index contributed by atoms with van der Waals surface area (Å²) in [6, 6.07) is 4.14. The van der Waals surface area contributed by atoms with Crippen LogP contribution in [-0.4, -0.2) is 36.0 Å². The Morgan fingerprint density at radius 1 is 1.39 bits per heavy atom. The number of nitrogens with one attached hydrogen (secondary N) is 1. The molecule has 1 fully saturated rings. The number of anilines is 3. The standard InChI is InChI=1S/C17H25N3O3/c1-17(2)8-5-12-14(20(17)16(21)22)4-3-13(15(12)18)19-11-6-9-23-10-7-11/h3-4,11,19H,5-10,18H2,1-2H3,(H,21,22). The van der Waals surface area contributed by atoms with Gasteiger partial charge in [0.2, 0.25) is 0 Å². The minimum Gasteiger partial charge on any atom is -0.465 e. The summed E-state index contributed by atoms with van der Waals surface area (Å²) in [7, 11) is 0. The molecule has 1 amide bonds. The van der Waals surface area contributed by atoms with Gasteiger partial charge in [0.15, 0.2) is 0 Å². The van der Waals surface area contributed by atoms with Crippen LogP contribution < -0.4 is 16.0 Å². The largest absolute Gasteiger partial charge is 0.465 e. The monoisotopic (exact) mass is 319 g/mol. The first kappa shape index (κ1) is 15.9. The van der Waals surface area contributed by atoms with Crippen molar-refractivity contribution >= 4 is 23.2 Å². The van der Waals surface area contributed by atoms with Crippen LogP contribution in [0.3, 0.4) is 0 Å². The van der Waals surface area contributed by atoms with Gasteiger partial charge in [0.25, 0.3) is 0 Å². The fourth-order valence-electron chi connectivity index (χ4n) is 3.54. The molecule has 0 spiro atoms. The van der Waals surface area contributed by atoms with E-state index in [0.717, 1.165) is 50.1 Å². The minimum absolute atomic E-state index is 0.361. The van der Waals surface area contributed by atoms with Gasteiger partial charge in [-0.3, -0.25) is 4.90 Å². The van der Waals surface area contributed by atoms with Crippen molar-refractivity contribution in [2.45, 2.75) is 51.1 Å². The summed E-state index contributed by atoms with van der Waals surface area (Å²) in [6.45, 7) is 5.44. The number of carbonyl (C=O) groups is 1. The highest BCUT2D eigenvalue weighted by Crippen LogP contribution is 2.42. The molecule has 0 unspecified atom stereocenters. The zero-order chi connectivity index (χ0) is 16.6. The number of hydrogen-bond donors (Lipinski definition) is 3. The highest BCUT2D eigenvalue weighted by atomic mass is 16.5. The fourth-order valence-corrected chi connectivity index (χ4v) is 3.54. The molecule has 0 bridgehead atoms. The molecular weight excluding hydrogens is 294 g/mol. The lowest BCUT2D eigenvalue weighted by Crippen LogP contribution is -2.50. The molecule has 3 rings (SSSR count). The van der Waals surface area contributed by atoms with Crippen molar-refractivity contribution < 1.29 is 14.6 Å². The van der Waals surface area contributed by atoms with Crippen molar-refractivity contribution in [3.05, 3.63) is 17.7 Å². The van der Waals surface area contributed by atoms with Gasteiger partial charge in [0, 0.05) is 30.4 Å². The van der Waals surface area contributed by atoms with E-state index >= 15 is 0 Å². The smallest absolute Gasteiger partial charge is 0.412 e. The highest BCUT2D eigenvalue weighted by Gasteiger charge is 2.38. The average molecular weight is 319 g/mol. The van der Waals surface area contributed by atoms with E-state index in [1.165, 1.54) is 4.90 Å². The maximum absolute atomic E-state index is 11.7. The minimum atomic E-state index is -0.930. The summed E-state index contributed by atoms with van der Waals surface area (Å²) < 4.78 is 5.38. The third-order valence-corrected chi connectivity index (χ3v) is 4.94. The van der Waals surface area contributed by atoms with Crippen LogP contribution in [0, 0.1) is 0 Å². The number of nitrogens with zero attached hydrogens (tertiary/aromatic N) is 1. The molecule has 1 aromatic carbocycles. The SMILES string of the molecule is CC1(C)CCc2c(ccc(NC3CCOCC3)c2N)N1C(=O)O. The molecule has 2 heterocycles. The number of ether oxygens (including phenoxy) is 1. The zero-order valence-electron chi connectivity index (χ0n) is 13.8. The number of fused-ring (bicyclic) bond motifs is 1. The van der Waals surface area contributed by atoms with Crippen molar-refractivity contribution in [2.75, 3.05) is 29.2 Å². The van der Waals surface area contributed by atoms with E-state index < -0.39 is 11.6 Å². The van der Waals surface area contributed by atoms with E-state index in [1.54, 1.807) is 0 Å². The molecule has 1 saturated heterocycles. The van der Waals surface area contributed by atoms with Crippen LogP contribution in [0.5, 0.6) is 0 Å². The van der Waals surface area contributed by atoms with Gasteiger partial charge in [0.1, 0.15) is 0 Å². The topological polar surface area (TPSA) is 87.8 Å². The normalized spacial score (nSPS) is 20.9. The molecule has 0 saturated carbocycles. The highest BCUT2D eigenvalue weighted by molar-refractivity contribution is 5.92. The summed E-state index contributed by atoms with van der Waals surface area (Å²) in [5, 5.41) is 13.1. The lowest BCUT2D eigenvalue weighted by atomic mass is 9.86. The molecule has 126 valence electrons. The average Bonchev–Trinajstić information content (AvgIpc) is 2.50. The van der Waals surface area contributed by atoms with Gasteiger partial charge < -0.3 is 20.9 Å². The molecule has 0 atom stereocenters. The first-order valence-electron chi connectivity index (χ1n) is 8.19. The number of rotatable bonds is 2. The Morgan fingerprint density at radius 2 is 2.09 bits per heavy atom. The van der Waals surface area contributed by atoms with Crippen LogP contribution in [0.15, 0.2) is 12.1 Å². The molecule has 23 heavy (non-hydrogen) atoms.